The number of H-pyrrole nitrogens is 1. The van der Waals surface area contributed by atoms with Crippen LogP contribution < -0.4 is 15.6 Å². The number of hydrogen-bond donors (Lipinski definition) is 2. The molecule has 1 amide bonds. The van der Waals surface area contributed by atoms with Crippen LogP contribution in [0.3, 0.4) is 0 Å². The number of methoxy groups -OCH3 is 1. The number of para-hydroxylation sites is 1. The first-order valence-corrected chi connectivity index (χ1v) is 10.5. The van der Waals surface area contributed by atoms with Gasteiger partial charge in [-0.3, -0.25) is 9.59 Å². The number of nitrogens with one attached hydrogen (secondary N) is 2. The zero-order chi connectivity index (χ0) is 21.8. The predicted octanol–water partition coefficient (Wildman–Crippen LogP) is 2.91. The van der Waals surface area contributed by atoms with Crippen LogP contribution in [0.4, 0.5) is 0 Å². The average Bonchev–Trinajstić information content (AvgIpc) is 3.23. The molecule has 0 fully saturated rings. The fraction of sp³-hybridized carbons (Fsp3) is 0.182. The molecule has 31 heavy (non-hydrogen) atoms. The van der Waals surface area contributed by atoms with Crippen molar-refractivity contribution in [2.24, 2.45) is 0 Å². The minimum atomic E-state index is -0.452. The highest BCUT2D eigenvalue weighted by Gasteiger charge is 2.18. The second kappa shape index (κ2) is 9.05. The van der Waals surface area contributed by atoms with E-state index in [1.807, 2.05) is 54.6 Å². The van der Waals surface area contributed by atoms with E-state index in [1.165, 1.54) is 18.0 Å². The maximum atomic E-state index is 12.5. The zero-order valence-electron chi connectivity index (χ0n) is 17.0. The number of aromatic nitrogens is 4. The normalized spacial score (nSPS) is 11.9. The van der Waals surface area contributed by atoms with Crippen LogP contribution >= 0.6 is 11.8 Å². The van der Waals surface area contributed by atoms with Crippen LogP contribution in [0.5, 0.6) is 5.75 Å². The number of nitrogens with zero attached hydrogens (tertiary/aromatic N) is 3. The first-order chi connectivity index (χ1) is 15.0. The van der Waals surface area contributed by atoms with Crippen molar-refractivity contribution < 1.29 is 9.53 Å². The van der Waals surface area contributed by atoms with Gasteiger partial charge >= 0.3 is 0 Å². The van der Waals surface area contributed by atoms with Crippen molar-refractivity contribution in [3.63, 3.8) is 0 Å². The number of carbonyl (C=O) groups is 1. The Morgan fingerprint density at radius 3 is 2.65 bits per heavy atom. The molecule has 0 aliphatic heterocycles. The van der Waals surface area contributed by atoms with E-state index < -0.39 is 5.25 Å². The summed E-state index contributed by atoms with van der Waals surface area (Å²) < 4.78 is 6.75. The van der Waals surface area contributed by atoms with Gasteiger partial charge in [0.1, 0.15) is 11.1 Å². The zero-order valence-corrected chi connectivity index (χ0v) is 17.8. The third kappa shape index (κ3) is 4.61. The van der Waals surface area contributed by atoms with Crippen LogP contribution in [0.15, 0.2) is 70.7 Å². The fourth-order valence-electron chi connectivity index (χ4n) is 3.01. The lowest BCUT2D eigenvalue weighted by atomic mass is 10.2. The van der Waals surface area contributed by atoms with E-state index in [0.29, 0.717) is 22.7 Å². The van der Waals surface area contributed by atoms with Gasteiger partial charge in [0.15, 0.2) is 10.8 Å². The molecule has 2 N–H and O–H groups in total. The molecule has 0 aliphatic rings. The van der Waals surface area contributed by atoms with Crippen LogP contribution in [-0.2, 0) is 11.3 Å². The summed E-state index contributed by atoms with van der Waals surface area (Å²) in [5.74, 6) is 0.610. The van der Waals surface area contributed by atoms with Gasteiger partial charge in [-0.25, -0.2) is 9.67 Å². The number of carbonyl (C=O) groups excluding carboxylic acids is 1. The van der Waals surface area contributed by atoms with E-state index in [1.54, 1.807) is 18.7 Å². The maximum absolute atomic E-state index is 12.5. The van der Waals surface area contributed by atoms with Crippen molar-refractivity contribution in [2.75, 3.05) is 7.11 Å². The highest BCUT2D eigenvalue weighted by Crippen LogP contribution is 2.21. The Balaban J connectivity index is 1.48. The summed E-state index contributed by atoms with van der Waals surface area (Å²) >= 11 is 1.19. The maximum Gasteiger partial charge on any atom is 0.262 e. The molecule has 4 aromatic rings. The molecule has 8 nitrogen and oxygen atoms in total. The monoisotopic (exact) mass is 435 g/mol. The van der Waals surface area contributed by atoms with Gasteiger partial charge in [-0.2, -0.15) is 5.10 Å². The number of rotatable bonds is 7. The number of aromatic amines is 1. The molecular weight excluding hydrogens is 414 g/mol. The largest absolute Gasteiger partial charge is 0.497 e. The molecule has 0 spiro atoms. The van der Waals surface area contributed by atoms with E-state index in [4.69, 9.17) is 4.74 Å². The van der Waals surface area contributed by atoms with Gasteiger partial charge in [0, 0.05) is 6.54 Å². The van der Waals surface area contributed by atoms with Crippen molar-refractivity contribution >= 4 is 28.7 Å². The van der Waals surface area contributed by atoms with Gasteiger partial charge in [0.05, 0.1) is 24.2 Å². The molecule has 4 rings (SSSR count). The summed E-state index contributed by atoms with van der Waals surface area (Å²) in [6.07, 6.45) is 1.49. The Hall–Kier alpha value is -3.59. The lowest BCUT2D eigenvalue weighted by Crippen LogP contribution is -2.30. The molecule has 0 saturated carbocycles. The molecule has 2 aromatic carbocycles. The molecule has 0 unspecified atom stereocenters. The minimum absolute atomic E-state index is 0.153. The number of amides is 1. The van der Waals surface area contributed by atoms with E-state index in [-0.39, 0.29) is 11.5 Å². The Morgan fingerprint density at radius 2 is 1.94 bits per heavy atom. The molecular formula is C22H21N5O3S. The average molecular weight is 436 g/mol. The first kappa shape index (κ1) is 20.7. The standard InChI is InChI=1S/C22H21N5O3S/c1-14(20(28)23-12-15-8-10-17(30-2)11-9-15)31-22-25-19-18(21(29)26-22)13-24-27(19)16-6-4-3-5-7-16/h3-11,13-14H,12H2,1-2H3,(H,23,28)(H,25,26,29)/t14-/m1/s1. The highest BCUT2D eigenvalue weighted by molar-refractivity contribution is 8.00. The SMILES string of the molecule is COc1ccc(CNC(=O)[C@@H](C)Sc2nc3c(cnn3-c3ccccc3)c(=O)[nH]2)cc1. The van der Waals surface area contributed by atoms with Crippen LogP contribution in [-0.4, -0.2) is 38.0 Å². The lowest BCUT2D eigenvalue weighted by molar-refractivity contribution is -0.120. The quantitative estimate of drug-likeness (QED) is 0.342. The fourth-order valence-corrected chi connectivity index (χ4v) is 3.83. The van der Waals surface area contributed by atoms with Crippen LogP contribution in [0.25, 0.3) is 16.7 Å². The summed E-state index contributed by atoms with van der Waals surface area (Å²) in [5, 5.41) is 7.50. The molecule has 9 heteroatoms. The number of fused-ring (bicyclic) bond motifs is 1. The van der Waals surface area contributed by atoms with Gasteiger partial charge < -0.3 is 15.0 Å². The van der Waals surface area contributed by atoms with Gasteiger partial charge in [0.2, 0.25) is 5.91 Å². The molecule has 158 valence electrons. The third-order valence-electron chi connectivity index (χ3n) is 4.70. The second-order valence-corrected chi connectivity index (χ2v) is 8.16. The molecule has 2 heterocycles. The van der Waals surface area contributed by atoms with E-state index in [9.17, 15) is 9.59 Å². The number of ether oxygens (including phenoxy) is 1. The summed E-state index contributed by atoms with van der Waals surface area (Å²) in [4.78, 5) is 32.3. The van der Waals surface area contributed by atoms with Crippen molar-refractivity contribution in [3.8, 4) is 11.4 Å². The Labute approximate surface area is 182 Å². The number of benzene rings is 2. The van der Waals surface area contributed by atoms with Crippen LogP contribution in [0.1, 0.15) is 12.5 Å². The number of thioether (sulfide) groups is 1. The minimum Gasteiger partial charge on any atom is -0.497 e. The number of hydrogen-bond acceptors (Lipinski definition) is 6. The molecule has 2 aromatic heterocycles. The summed E-state index contributed by atoms with van der Waals surface area (Å²) in [5.41, 5.74) is 1.92. The summed E-state index contributed by atoms with van der Waals surface area (Å²) in [7, 11) is 1.61. The van der Waals surface area contributed by atoms with Gasteiger partial charge in [0.25, 0.3) is 5.56 Å². The third-order valence-corrected chi connectivity index (χ3v) is 5.68. The van der Waals surface area contributed by atoms with Gasteiger partial charge in [-0.05, 0) is 36.8 Å². The van der Waals surface area contributed by atoms with Gasteiger partial charge in [-0.1, -0.05) is 42.1 Å². The molecule has 0 saturated heterocycles. The first-order valence-electron chi connectivity index (χ1n) is 9.66. The highest BCUT2D eigenvalue weighted by atomic mass is 32.2. The second-order valence-electron chi connectivity index (χ2n) is 6.83. The smallest absolute Gasteiger partial charge is 0.262 e. The predicted molar refractivity (Wildman–Crippen MR) is 120 cm³/mol. The summed E-state index contributed by atoms with van der Waals surface area (Å²) in [6, 6.07) is 16.9. The van der Waals surface area contributed by atoms with Gasteiger partial charge in [-0.15, -0.1) is 0 Å². The van der Waals surface area contributed by atoms with Crippen molar-refractivity contribution in [1.29, 1.82) is 0 Å². The van der Waals surface area contributed by atoms with E-state index >= 15 is 0 Å². The van der Waals surface area contributed by atoms with Crippen molar-refractivity contribution in [3.05, 3.63) is 76.7 Å². The molecule has 1 atom stereocenters. The van der Waals surface area contributed by atoms with Crippen LogP contribution in [0.2, 0.25) is 0 Å². The Morgan fingerprint density at radius 1 is 1.19 bits per heavy atom. The molecule has 0 radical (unpaired) electrons. The van der Waals surface area contributed by atoms with E-state index in [2.05, 4.69) is 20.4 Å². The van der Waals surface area contributed by atoms with Crippen molar-refractivity contribution in [1.82, 2.24) is 25.1 Å². The lowest BCUT2D eigenvalue weighted by Gasteiger charge is -2.12. The summed E-state index contributed by atoms with van der Waals surface area (Å²) in [6.45, 7) is 2.17. The molecule has 0 bridgehead atoms. The van der Waals surface area contributed by atoms with Crippen molar-refractivity contribution in [2.45, 2.75) is 23.9 Å². The van der Waals surface area contributed by atoms with Crippen LogP contribution in [0, 0.1) is 0 Å². The van der Waals surface area contributed by atoms with E-state index in [0.717, 1.165) is 17.0 Å². The Kier molecular flexibility index (Phi) is 6.03. The Bertz CT molecular complexity index is 1250. The topological polar surface area (TPSA) is 102 Å². The molecule has 0 aliphatic carbocycles.